The molecule has 0 radical (unpaired) electrons. The minimum Gasteiger partial charge on any atom is -0.461 e. The average Bonchev–Trinajstić information content (AvgIpc) is 3.35. The summed E-state index contributed by atoms with van der Waals surface area (Å²) in [5, 5.41) is 10.4. The third-order valence-electron chi connectivity index (χ3n) is 8.63. The van der Waals surface area contributed by atoms with Crippen molar-refractivity contribution in [3.63, 3.8) is 0 Å². The molecular formula is C30H48N2O6. The largest absolute Gasteiger partial charge is 0.461 e. The molecule has 3 aliphatic rings. The van der Waals surface area contributed by atoms with Crippen LogP contribution in [0.1, 0.15) is 74.7 Å². The van der Waals surface area contributed by atoms with Gasteiger partial charge in [-0.15, -0.1) is 6.58 Å². The molecule has 3 fully saturated rings. The SMILES string of the molecule is C=CCOC(=O)[C@@H]1[C@H]2C(=O)N([C@@H](CO)C(C)C)C(C(=O)N(CC=C)C(C)(C)CC(C)(C)C)C23CC[C@@]1(C)O3. The minimum atomic E-state index is -1.18. The highest BCUT2D eigenvalue weighted by Crippen LogP contribution is 2.64. The van der Waals surface area contributed by atoms with Crippen molar-refractivity contribution < 1.29 is 29.0 Å². The molecule has 38 heavy (non-hydrogen) atoms. The number of ether oxygens (including phenoxy) is 2. The van der Waals surface area contributed by atoms with Crippen LogP contribution < -0.4 is 0 Å². The van der Waals surface area contributed by atoms with Gasteiger partial charge in [-0.1, -0.05) is 53.3 Å². The number of rotatable bonds is 11. The third-order valence-corrected chi connectivity index (χ3v) is 8.63. The molecule has 1 spiro atoms. The van der Waals surface area contributed by atoms with Gasteiger partial charge >= 0.3 is 5.97 Å². The summed E-state index contributed by atoms with van der Waals surface area (Å²) >= 11 is 0. The monoisotopic (exact) mass is 532 g/mol. The fourth-order valence-corrected chi connectivity index (χ4v) is 7.51. The number of esters is 1. The predicted molar refractivity (Wildman–Crippen MR) is 146 cm³/mol. The predicted octanol–water partition coefficient (Wildman–Crippen LogP) is 3.73. The number of fused-ring (bicyclic) bond motifs is 1. The van der Waals surface area contributed by atoms with Gasteiger partial charge in [0, 0.05) is 12.1 Å². The maximum Gasteiger partial charge on any atom is 0.313 e. The van der Waals surface area contributed by atoms with Gasteiger partial charge in [-0.2, -0.15) is 0 Å². The van der Waals surface area contributed by atoms with Gasteiger partial charge in [0.2, 0.25) is 11.8 Å². The first-order chi connectivity index (χ1) is 17.5. The van der Waals surface area contributed by atoms with Crippen molar-refractivity contribution in [1.29, 1.82) is 0 Å². The fourth-order valence-electron chi connectivity index (χ4n) is 7.51. The van der Waals surface area contributed by atoms with Gasteiger partial charge in [-0.25, -0.2) is 0 Å². The first-order valence-electron chi connectivity index (χ1n) is 13.8. The topological polar surface area (TPSA) is 96.4 Å². The number of amides is 2. The first kappa shape index (κ1) is 30.4. The van der Waals surface area contributed by atoms with E-state index in [4.69, 9.17) is 9.47 Å². The molecule has 1 N–H and O–H groups in total. The van der Waals surface area contributed by atoms with Crippen LogP contribution in [0.5, 0.6) is 0 Å². The van der Waals surface area contributed by atoms with Crippen LogP contribution in [0.4, 0.5) is 0 Å². The number of aliphatic hydroxyl groups excluding tert-OH is 1. The second-order valence-corrected chi connectivity index (χ2v) is 13.7. The number of carbonyl (C=O) groups excluding carboxylic acids is 3. The van der Waals surface area contributed by atoms with Gasteiger partial charge in [-0.3, -0.25) is 14.4 Å². The quantitative estimate of drug-likeness (QED) is 0.322. The lowest BCUT2D eigenvalue weighted by molar-refractivity contribution is -0.163. The Labute approximate surface area is 228 Å². The number of hydrogen-bond acceptors (Lipinski definition) is 6. The fraction of sp³-hybridized carbons (Fsp3) is 0.767. The Morgan fingerprint density at radius 2 is 1.84 bits per heavy atom. The van der Waals surface area contributed by atoms with Crippen LogP contribution in [0.25, 0.3) is 0 Å². The van der Waals surface area contributed by atoms with Crippen LogP contribution in [0, 0.1) is 23.2 Å². The van der Waals surface area contributed by atoms with E-state index in [2.05, 4.69) is 33.9 Å². The molecule has 0 aromatic carbocycles. The number of carbonyl (C=O) groups is 3. The van der Waals surface area contributed by atoms with E-state index < -0.39 is 46.6 Å². The molecule has 6 atom stereocenters. The van der Waals surface area contributed by atoms with Crippen molar-refractivity contribution in [1.82, 2.24) is 9.80 Å². The Morgan fingerprint density at radius 3 is 2.34 bits per heavy atom. The summed E-state index contributed by atoms with van der Waals surface area (Å²) < 4.78 is 12.1. The van der Waals surface area contributed by atoms with E-state index >= 15 is 0 Å². The Bertz CT molecular complexity index is 968. The lowest BCUT2D eigenvalue weighted by Gasteiger charge is -2.47. The van der Waals surface area contributed by atoms with Gasteiger partial charge in [-0.05, 0) is 51.4 Å². The summed E-state index contributed by atoms with van der Waals surface area (Å²) in [7, 11) is 0. The Kier molecular flexibility index (Phi) is 8.32. The van der Waals surface area contributed by atoms with E-state index in [0.717, 1.165) is 6.42 Å². The maximum atomic E-state index is 14.7. The van der Waals surface area contributed by atoms with Crippen molar-refractivity contribution in [3.8, 4) is 0 Å². The van der Waals surface area contributed by atoms with E-state index in [1.165, 1.54) is 6.08 Å². The molecule has 0 aromatic rings. The molecule has 0 aromatic heterocycles. The minimum absolute atomic E-state index is 0.0325. The standard InChI is InChI=1S/C30H48N2O6/c1-11-15-31(28(8,9)18-27(5,6)7)25(35)23-30-14-13-29(10,38-30)22(26(36)37-16-12-2)21(30)24(34)32(23)20(17-33)19(3)4/h11-12,19-23,33H,1-2,13-18H2,3-10H3/t20-,21-,22-,23?,29+,30?/m0/s1. The van der Waals surface area contributed by atoms with Crippen molar-refractivity contribution in [3.05, 3.63) is 25.3 Å². The van der Waals surface area contributed by atoms with Crippen molar-refractivity contribution in [2.24, 2.45) is 23.2 Å². The molecule has 2 bridgehead atoms. The third kappa shape index (κ3) is 4.94. The Morgan fingerprint density at radius 1 is 1.21 bits per heavy atom. The molecule has 3 aliphatic heterocycles. The van der Waals surface area contributed by atoms with Crippen LogP contribution in [-0.2, 0) is 23.9 Å². The molecule has 3 heterocycles. The maximum absolute atomic E-state index is 14.7. The molecule has 0 aliphatic carbocycles. The summed E-state index contributed by atoms with van der Waals surface area (Å²) in [5.41, 5.74) is -2.71. The molecule has 214 valence electrons. The molecule has 3 rings (SSSR count). The van der Waals surface area contributed by atoms with Crippen LogP contribution in [0.3, 0.4) is 0 Å². The van der Waals surface area contributed by atoms with Gasteiger partial charge in [0.05, 0.1) is 24.2 Å². The van der Waals surface area contributed by atoms with Crippen molar-refractivity contribution in [2.75, 3.05) is 19.8 Å². The smallest absolute Gasteiger partial charge is 0.313 e. The number of nitrogens with zero attached hydrogens (tertiary/aromatic N) is 2. The molecule has 8 nitrogen and oxygen atoms in total. The summed E-state index contributed by atoms with van der Waals surface area (Å²) in [5.74, 6) is -2.90. The average molecular weight is 533 g/mol. The molecule has 3 saturated heterocycles. The van der Waals surface area contributed by atoms with Crippen LogP contribution in [0.2, 0.25) is 0 Å². The van der Waals surface area contributed by atoms with E-state index in [9.17, 15) is 19.5 Å². The molecule has 2 amide bonds. The van der Waals surface area contributed by atoms with Crippen molar-refractivity contribution >= 4 is 17.8 Å². The van der Waals surface area contributed by atoms with E-state index in [-0.39, 0.29) is 36.4 Å². The van der Waals surface area contributed by atoms with Gasteiger partial charge < -0.3 is 24.4 Å². The van der Waals surface area contributed by atoms with Crippen LogP contribution >= 0.6 is 0 Å². The molecule has 2 unspecified atom stereocenters. The first-order valence-corrected chi connectivity index (χ1v) is 13.8. The lowest BCUT2D eigenvalue weighted by Crippen LogP contribution is -2.63. The zero-order valence-electron chi connectivity index (χ0n) is 24.6. The van der Waals surface area contributed by atoms with Gasteiger partial charge in [0.15, 0.2) is 0 Å². The second-order valence-electron chi connectivity index (χ2n) is 13.7. The molecule has 0 saturated carbocycles. The molecular weight excluding hydrogens is 484 g/mol. The summed E-state index contributed by atoms with van der Waals surface area (Å²) in [4.78, 5) is 45.7. The van der Waals surface area contributed by atoms with Crippen molar-refractivity contribution in [2.45, 2.75) is 103 Å². The Hall–Kier alpha value is -2.19. The summed E-state index contributed by atoms with van der Waals surface area (Å²) in [6.45, 7) is 23.7. The Balaban J connectivity index is 2.17. The van der Waals surface area contributed by atoms with E-state index in [0.29, 0.717) is 19.4 Å². The summed E-state index contributed by atoms with van der Waals surface area (Å²) in [6.07, 6.45) is 4.91. The lowest BCUT2D eigenvalue weighted by atomic mass is 9.66. The number of hydrogen-bond donors (Lipinski definition) is 1. The normalized spacial score (nSPS) is 31.4. The van der Waals surface area contributed by atoms with Gasteiger partial charge in [0.1, 0.15) is 24.2 Å². The summed E-state index contributed by atoms with van der Waals surface area (Å²) in [6, 6.07) is -1.58. The zero-order valence-corrected chi connectivity index (χ0v) is 24.6. The highest BCUT2D eigenvalue weighted by molar-refractivity contribution is 5.99. The highest BCUT2D eigenvalue weighted by Gasteiger charge is 2.79. The van der Waals surface area contributed by atoms with E-state index in [1.807, 2.05) is 34.6 Å². The number of aliphatic hydroxyl groups is 1. The van der Waals surface area contributed by atoms with E-state index in [1.54, 1.807) is 15.9 Å². The second kappa shape index (κ2) is 10.4. The van der Waals surface area contributed by atoms with Gasteiger partial charge in [0.25, 0.3) is 0 Å². The molecule has 8 heteroatoms. The highest BCUT2D eigenvalue weighted by atomic mass is 16.6. The van der Waals surface area contributed by atoms with Crippen LogP contribution in [-0.4, -0.2) is 81.3 Å². The number of likely N-dealkylation sites (tertiary alicyclic amines) is 1. The zero-order chi connectivity index (χ0) is 28.8. The van der Waals surface area contributed by atoms with Crippen LogP contribution in [0.15, 0.2) is 25.3 Å².